The van der Waals surface area contributed by atoms with Crippen LogP contribution >= 0.6 is 11.3 Å². The zero-order valence-corrected chi connectivity index (χ0v) is 12.8. The van der Waals surface area contributed by atoms with Crippen LogP contribution in [0.2, 0.25) is 0 Å². The second kappa shape index (κ2) is 7.64. The van der Waals surface area contributed by atoms with Gasteiger partial charge in [0.2, 0.25) is 0 Å². The quantitative estimate of drug-likeness (QED) is 0.782. The van der Waals surface area contributed by atoms with E-state index in [2.05, 4.69) is 29.7 Å². The topological polar surface area (TPSA) is 61.4 Å². The molecule has 20 heavy (non-hydrogen) atoms. The van der Waals surface area contributed by atoms with E-state index >= 15 is 0 Å². The fourth-order valence-electron chi connectivity index (χ4n) is 2.71. The van der Waals surface area contributed by atoms with Gasteiger partial charge in [-0.15, -0.1) is 11.3 Å². The molecule has 5 heteroatoms. The Bertz CT molecular complexity index is 433. The molecule has 0 spiro atoms. The second-order valence-corrected chi connectivity index (χ2v) is 6.64. The molecule has 1 saturated carbocycles. The molecule has 1 heterocycles. The summed E-state index contributed by atoms with van der Waals surface area (Å²) in [5, 5.41) is 15.3. The van der Waals surface area contributed by atoms with Crippen LogP contribution in [0.3, 0.4) is 0 Å². The van der Waals surface area contributed by atoms with Crippen molar-refractivity contribution in [2.45, 2.75) is 51.6 Å². The Balaban J connectivity index is 1.76. The van der Waals surface area contributed by atoms with Crippen molar-refractivity contribution in [1.29, 1.82) is 0 Å². The van der Waals surface area contributed by atoms with Crippen molar-refractivity contribution in [3.63, 3.8) is 0 Å². The zero-order valence-electron chi connectivity index (χ0n) is 12.0. The summed E-state index contributed by atoms with van der Waals surface area (Å²) < 4.78 is 0. The molecule has 2 unspecified atom stereocenters. The molecule has 1 aromatic rings. The first kappa shape index (κ1) is 15.3. The van der Waals surface area contributed by atoms with Gasteiger partial charge in [-0.2, -0.15) is 0 Å². The van der Waals surface area contributed by atoms with Gasteiger partial charge in [-0.25, -0.2) is 4.79 Å². The summed E-state index contributed by atoms with van der Waals surface area (Å²) >= 11 is 1.74. The number of hydrogen-bond donors (Lipinski definition) is 3. The maximum atomic E-state index is 11.9. The predicted octanol–water partition coefficient (Wildman–Crippen LogP) is 2.66. The van der Waals surface area contributed by atoms with E-state index in [4.69, 9.17) is 0 Å². The molecular weight excluding hydrogens is 272 g/mol. The van der Waals surface area contributed by atoms with E-state index in [9.17, 15) is 9.90 Å². The number of carbonyl (C=O) groups is 1. The zero-order chi connectivity index (χ0) is 14.4. The molecule has 2 amide bonds. The Morgan fingerprint density at radius 2 is 2.10 bits per heavy atom. The molecule has 1 aliphatic rings. The van der Waals surface area contributed by atoms with E-state index in [1.54, 1.807) is 11.3 Å². The van der Waals surface area contributed by atoms with E-state index in [0.29, 0.717) is 6.54 Å². The third kappa shape index (κ3) is 4.21. The van der Waals surface area contributed by atoms with E-state index in [1.807, 2.05) is 0 Å². The summed E-state index contributed by atoms with van der Waals surface area (Å²) in [6, 6.07) is 4.17. The van der Waals surface area contributed by atoms with Gasteiger partial charge in [0.15, 0.2) is 0 Å². The largest absolute Gasteiger partial charge is 0.396 e. The van der Waals surface area contributed by atoms with Crippen LogP contribution in [0.1, 0.15) is 42.4 Å². The highest BCUT2D eigenvalue weighted by atomic mass is 32.1. The number of aryl methyl sites for hydroxylation is 1. The van der Waals surface area contributed by atoms with Crippen LogP contribution in [-0.2, 0) is 13.0 Å². The number of carbonyl (C=O) groups excluding carboxylic acids is 1. The van der Waals surface area contributed by atoms with E-state index in [0.717, 1.165) is 32.1 Å². The van der Waals surface area contributed by atoms with Gasteiger partial charge in [0.25, 0.3) is 0 Å². The minimum atomic E-state index is -0.123. The molecule has 0 bridgehead atoms. The Labute approximate surface area is 124 Å². The van der Waals surface area contributed by atoms with Crippen LogP contribution in [-0.4, -0.2) is 23.8 Å². The standard InChI is InChI=1S/C15H24N2O2S/c1-2-12-7-8-13(20-12)9-16-15(19)17-14-6-4-3-5-11(14)10-18/h7-8,11,14,18H,2-6,9-10H2,1H3,(H2,16,17,19). The van der Waals surface area contributed by atoms with Crippen molar-refractivity contribution in [2.24, 2.45) is 5.92 Å². The minimum Gasteiger partial charge on any atom is -0.396 e. The maximum Gasteiger partial charge on any atom is 0.315 e. The number of aliphatic hydroxyl groups excluding tert-OH is 1. The van der Waals surface area contributed by atoms with Crippen LogP contribution < -0.4 is 10.6 Å². The molecule has 2 rings (SSSR count). The Morgan fingerprint density at radius 1 is 1.35 bits per heavy atom. The normalized spacial score (nSPS) is 22.5. The van der Waals surface area contributed by atoms with E-state index < -0.39 is 0 Å². The summed E-state index contributed by atoms with van der Waals surface area (Å²) in [6.07, 6.45) is 5.30. The third-order valence-corrected chi connectivity index (χ3v) is 5.18. The Hall–Kier alpha value is -1.07. The molecular formula is C15H24N2O2S. The van der Waals surface area contributed by atoms with Gasteiger partial charge in [-0.05, 0) is 31.4 Å². The first-order valence-electron chi connectivity index (χ1n) is 7.45. The molecule has 1 aliphatic carbocycles. The molecule has 3 N–H and O–H groups in total. The van der Waals surface area contributed by atoms with Gasteiger partial charge in [0.05, 0.1) is 6.54 Å². The smallest absolute Gasteiger partial charge is 0.315 e. The summed E-state index contributed by atoms with van der Waals surface area (Å²) in [5.41, 5.74) is 0. The monoisotopic (exact) mass is 296 g/mol. The van der Waals surface area contributed by atoms with Gasteiger partial charge in [0.1, 0.15) is 0 Å². The highest BCUT2D eigenvalue weighted by Crippen LogP contribution is 2.23. The van der Waals surface area contributed by atoms with Crippen LogP contribution in [0.25, 0.3) is 0 Å². The molecule has 1 aromatic heterocycles. The molecule has 0 radical (unpaired) electrons. The number of thiophene rings is 1. The average Bonchev–Trinajstić information content (AvgIpc) is 2.94. The van der Waals surface area contributed by atoms with Gasteiger partial charge in [0, 0.05) is 28.3 Å². The number of rotatable bonds is 5. The molecule has 2 atom stereocenters. The number of aliphatic hydroxyl groups is 1. The van der Waals surface area contributed by atoms with Crippen molar-refractivity contribution < 1.29 is 9.90 Å². The van der Waals surface area contributed by atoms with Gasteiger partial charge in [-0.3, -0.25) is 0 Å². The molecule has 0 aromatic carbocycles. The van der Waals surface area contributed by atoms with Crippen molar-refractivity contribution in [3.05, 3.63) is 21.9 Å². The predicted molar refractivity (Wildman–Crippen MR) is 81.9 cm³/mol. The summed E-state index contributed by atoms with van der Waals surface area (Å²) in [5.74, 6) is 0.211. The van der Waals surface area contributed by atoms with Gasteiger partial charge in [-0.1, -0.05) is 19.8 Å². The first-order chi connectivity index (χ1) is 9.72. The van der Waals surface area contributed by atoms with Gasteiger partial charge >= 0.3 is 6.03 Å². The first-order valence-corrected chi connectivity index (χ1v) is 8.27. The minimum absolute atomic E-state index is 0.114. The lowest BCUT2D eigenvalue weighted by Gasteiger charge is -2.30. The summed E-state index contributed by atoms with van der Waals surface area (Å²) in [4.78, 5) is 14.4. The van der Waals surface area contributed by atoms with Crippen LogP contribution in [0.4, 0.5) is 4.79 Å². The third-order valence-electron chi connectivity index (χ3n) is 3.95. The van der Waals surface area contributed by atoms with E-state index in [-0.39, 0.29) is 24.6 Å². The fraction of sp³-hybridized carbons (Fsp3) is 0.667. The van der Waals surface area contributed by atoms with Gasteiger partial charge < -0.3 is 15.7 Å². The summed E-state index contributed by atoms with van der Waals surface area (Å²) in [7, 11) is 0. The number of urea groups is 1. The van der Waals surface area contributed by atoms with Crippen LogP contribution in [0.5, 0.6) is 0 Å². The summed E-state index contributed by atoms with van der Waals surface area (Å²) in [6.45, 7) is 2.87. The molecule has 4 nitrogen and oxygen atoms in total. The number of hydrogen-bond acceptors (Lipinski definition) is 3. The molecule has 0 aliphatic heterocycles. The van der Waals surface area contributed by atoms with Crippen LogP contribution in [0, 0.1) is 5.92 Å². The van der Waals surface area contributed by atoms with Crippen molar-refractivity contribution in [3.8, 4) is 0 Å². The van der Waals surface area contributed by atoms with Crippen molar-refractivity contribution >= 4 is 17.4 Å². The Morgan fingerprint density at radius 3 is 2.80 bits per heavy atom. The van der Waals surface area contributed by atoms with Crippen molar-refractivity contribution in [1.82, 2.24) is 10.6 Å². The lowest BCUT2D eigenvalue weighted by Crippen LogP contribution is -2.47. The number of amides is 2. The highest BCUT2D eigenvalue weighted by Gasteiger charge is 2.25. The Kier molecular flexibility index (Phi) is 5.86. The maximum absolute atomic E-state index is 11.9. The second-order valence-electron chi connectivity index (χ2n) is 5.38. The lowest BCUT2D eigenvalue weighted by molar-refractivity contribution is 0.153. The average molecular weight is 296 g/mol. The SMILES string of the molecule is CCc1ccc(CNC(=O)NC2CCCCC2CO)s1. The highest BCUT2D eigenvalue weighted by molar-refractivity contribution is 7.11. The molecule has 1 fully saturated rings. The van der Waals surface area contributed by atoms with E-state index in [1.165, 1.54) is 9.75 Å². The molecule has 0 saturated heterocycles. The van der Waals surface area contributed by atoms with Crippen LogP contribution in [0.15, 0.2) is 12.1 Å². The lowest BCUT2D eigenvalue weighted by atomic mass is 9.85. The molecule has 112 valence electrons. The number of nitrogens with one attached hydrogen (secondary N) is 2. The fourth-order valence-corrected chi connectivity index (χ4v) is 3.61. The van der Waals surface area contributed by atoms with Crippen molar-refractivity contribution in [2.75, 3.05) is 6.61 Å².